The maximum Gasteiger partial charge on any atom is 0.272 e. The van der Waals surface area contributed by atoms with Crippen LogP contribution < -0.4 is 5.32 Å². The Labute approximate surface area is 205 Å². The summed E-state index contributed by atoms with van der Waals surface area (Å²) >= 11 is 2.87. The van der Waals surface area contributed by atoms with Gasteiger partial charge in [-0.3, -0.25) is 14.4 Å². The molecule has 3 heterocycles. The quantitative estimate of drug-likeness (QED) is 0.384. The number of halogens is 3. The van der Waals surface area contributed by atoms with E-state index >= 15 is 0 Å². The fourth-order valence-corrected chi connectivity index (χ4v) is 5.27. The van der Waals surface area contributed by atoms with Crippen molar-refractivity contribution in [3.05, 3.63) is 45.2 Å². The third-order valence-electron chi connectivity index (χ3n) is 7.22. The number of carbonyl (C=O) groups excluding carboxylic acids is 1. The van der Waals surface area contributed by atoms with Crippen LogP contribution >= 0.6 is 15.9 Å². The fourth-order valence-electron chi connectivity index (χ4n) is 4.92. The summed E-state index contributed by atoms with van der Waals surface area (Å²) in [7, 11) is 1.72. The van der Waals surface area contributed by atoms with E-state index in [1.807, 2.05) is 13.8 Å². The second-order valence-electron chi connectivity index (χ2n) is 9.11. The number of aromatic nitrogens is 2. The predicted octanol–water partition coefficient (Wildman–Crippen LogP) is 2.92. The zero-order chi connectivity index (χ0) is 24.8. The number of hydrogen-bond donors (Lipinski definition) is 3. The van der Waals surface area contributed by atoms with Crippen LogP contribution in [0.5, 0.6) is 0 Å². The van der Waals surface area contributed by atoms with Crippen LogP contribution in [0.2, 0.25) is 0 Å². The molecule has 8 nitrogen and oxygen atoms in total. The maximum absolute atomic E-state index is 14.4. The Hall–Kier alpha value is -2.08. The van der Waals surface area contributed by atoms with E-state index in [4.69, 9.17) is 5.10 Å². The smallest absolute Gasteiger partial charge is 0.272 e. The number of benzene rings is 1. The summed E-state index contributed by atoms with van der Waals surface area (Å²) in [5, 5.41) is 29.3. The SMILES string of the molecule is CCC(O)(CC)[C@@H]1CN(C)C(=O)c2c3c(nn2C1)CCN(C(O)Nc1ccc(F)c(Br)c1F)C3. The molecule has 1 unspecified atom stereocenters. The van der Waals surface area contributed by atoms with Gasteiger partial charge in [0.1, 0.15) is 11.5 Å². The summed E-state index contributed by atoms with van der Waals surface area (Å²) in [6.07, 6.45) is 0.395. The van der Waals surface area contributed by atoms with Crippen molar-refractivity contribution in [3.8, 4) is 0 Å². The van der Waals surface area contributed by atoms with Gasteiger partial charge in [-0.2, -0.15) is 5.10 Å². The number of carbonyl (C=O) groups is 1. The first-order valence-electron chi connectivity index (χ1n) is 11.5. The maximum atomic E-state index is 14.4. The molecule has 2 aliphatic heterocycles. The van der Waals surface area contributed by atoms with Crippen molar-refractivity contribution in [1.29, 1.82) is 0 Å². The molecule has 0 aliphatic carbocycles. The fraction of sp³-hybridized carbons (Fsp3) is 0.565. The van der Waals surface area contributed by atoms with Crippen molar-refractivity contribution in [2.45, 2.75) is 58.2 Å². The summed E-state index contributed by atoms with van der Waals surface area (Å²) in [6, 6.07) is 2.33. The minimum absolute atomic E-state index is 0.0440. The zero-order valence-electron chi connectivity index (χ0n) is 19.5. The van der Waals surface area contributed by atoms with E-state index in [1.165, 1.54) is 6.07 Å². The molecule has 0 saturated heterocycles. The number of aliphatic hydroxyl groups is 2. The van der Waals surface area contributed by atoms with E-state index in [0.717, 1.165) is 17.3 Å². The molecule has 3 N–H and O–H groups in total. The highest BCUT2D eigenvalue weighted by atomic mass is 79.9. The number of amides is 1. The molecule has 4 rings (SSSR count). The molecule has 1 aromatic heterocycles. The first kappa shape index (κ1) is 25.0. The number of hydrogen-bond acceptors (Lipinski definition) is 6. The number of nitrogens with one attached hydrogen (secondary N) is 1. The van der Waals surface area contributed by atoms with Gasteiger partial charge in [-0.05, 0) is 40.9 Å². The summed E-state index contributed by atoms with van der Waals surface area (Å²) in [5.41, 5.74) is 1.03. The van der Waals surface area contributed by atoms with Gasteiger partial charge in [0.25, 0.3) is 5.91 Å². The summed E-state index contributed by atoms with van der Waals surface area (Å²) in [6.45, 7) is 5.40. The molecule has 0 spiro atoms. The van der Waals surface area contributed by atoms with Crippen LogP contribution in [-0.4, -0.2) is 67.8 Å². The number of nitrogens with zero attached hydrogens (tertiary/aromatic N) is 4. The van der Waals surface area contributed by atoms with Crippen LogP contribution in [0.15, 0.2) is 16.6 Å². The van der Waals surface area contributed by atoms with Gasteiger partial charge in [-0.15, -0.1) is 0 Å². The van der Waals surface area contributed by atoms with E-state index in [2.05, 4.69) is 21.2 Å². The molecule has 186 valence electrons. The van der Waals surface area contributed by atoms with Crippen molar-refractivity contribution in [3.63, 3.8) is 0 Å². The monoisotopic (exact) mass is 541 g/mol. The Morgan fingerprint density at radius 1 is 1.29 bits per heavy atom. The minimum atomic E-state index is -1.26. The van der Waals surface area contributed by atoms with Gasteiger partial charge in [0.15, 0.2) is 12.2 Å². The van der Waals surface area contributed by atoms with Crippen LogP contribution in [0.4, 0.5) is 14.5 Å². The summed E-state index contributed by atoms with van der Waals surface area (Å²) in [4.78, 5) is 16.6. The third kappa shape index (κ3) is 4.34. The highest BCUT2D eigenvalue weighted by Gasteiger charge is 2.41. The van der Waals surface area contributed by atoms with Gasteiger partial charge in [0, 0.05) is 51.1 Å². The predicted molar refractivity (Wildman–Crippen MR) is 126 cm³/mol. The molecule has 0 bridgehead atoms. The van der Waals surface area contributed by atoms with Crippen molar-refractivity contribution in [1.82, 2.24) is 19.6 Å². The van der Waals surface area contributed by atoms with E-state index in [1.54, 1.807) is 21.5 Å². The van der Waals surface area contributed by atoms with Gasteiger partial charge >= 0.3 is 0 Å². The zero-order valence-corrected chi connectivity index (χ0v) is 21.1. The normalized spacial score (nSPS) is 20.1. The first-order valence-corrected chi connectivity index (χ1v) is 12.3. The Balaban J connectivity index is 1.59. The molecule has 0 radical (unpaired) electrons. The van der Waals surface area contributed by atoms with Crippen LogP contribution in [0.1, 0.15) is 48.4 Å². The van der Waals surface area contributed by atoms with Crippen molar-refractivity contribution in [2.75, 3.05) is 25.5 Å². The molecule has 2 atom stereocenters. The lowest BCUT2D eigenvalue weighted by Gasteiger charge is -2.35. The van der Waals surface area contributed by atoms with Gasteiger partial charge in [-0.25, -0.2) is 8.78 Å². The van der Waals surface area contributed by atoms with Crippen LogP contribution in [0, 0.1) is 17.6 Å². The molecule has 2 aromatic rings. The molecule has 34 heavy (non-hydrogen) atoms. The highest BCUT2D eigenvalue weighted by Crippen LogP contribution is 2.33. The van der Waals surface area contributed by atoms with Crippen molar-refractivity contribution in [2.24, 2.45) is 5.92 Å². The van der Waals surface area contributed by atoms with Gasteiger partial charge in [0.2, 0.25) is 0 Å². The molecular formula is C23H30BrF2N5O3. The van der Waals surface area contributed by atoms with Gasteiger partial charge < -0.3 is 20.4 Å². The molecule has 1 aromatic carbocycles. The lowest BCUT2D eigenvalue weighted by Crippen LogP contribution is -2.45. The van der Waals surface area contributed by atoms with Crippen LogP contribution in [-0.2, 0) is 19.5 Å². The largest absolute Gasteiger partial charge is 0.389 e. The first-order chi connectivity index (χ1) is 16.1. The average Bonchev–Trinajstić information content (AvgIpc) is 3.13. The number of anilines is 1. The molecular weight excluding hydrogens is 512 g/mol. The van der Waals surface area contributed by atoms with Gasteiger partial charge in [0.05, 0.1) is 21.5 Å². The van der Waals surface area contributed by atoms with Crippen molar-refractivity contribution < 1.29 is 23.8 Å². The van der Waals surface area contributed by atoms with E-state index in [0.29, 0.717) is 44.6 Å². The van der Waals surface area contributed by atoms with Crippen LogP contribution in [0.3, 0.4) is 0 Å². The number of fused-ring (bicyclic) bond motifs is 3. The number of aliphatic hydroxyl groups excluding tert-OH is 1. The van der Waals surface area contributed by atoms with E-state index in [9.17, 15) is 23.8 Å². The summed E-state index contributed by atoms with van der Waals surface area (Å²) < 4.78 is 29.3. The second kappa shape index (κ2) is 9.52. The van der Waals surface area contributed by atoms with E-state index in [-0.39, 0.29) is 28.5 Å². The Morgan fingerprint density at radius 3 is 2.68 bits per heavy atom. The van der Waals surface area contributed by atoms with Crippen molar-refractivity contribution >= 4 is 27.5 Å². The highest BCUT2D eigenvalue weighted by molar-refractivity contribution is 9.10. The number of rotatable bonds is 6. The molecule has 11 heteroatoms. The van der Waals surface area contributed by atoms with Gasteiger partial charge in [-0.1, -0.05) is 13.8 Å². The lowest BCUT2D eigenvalue weighted by molar-refractivity contribution is -0.0390. The summed E-state index contributed by atoms with van der Waals surface area (Å²) in [5.74, 6) is -1.91. The molecule has 0 fully saturated rings. The molecule has 0 saturated carbocycles. The standard InChI is InChI=1S/C23H30BrF2N5O3/c1-4-23(34,5-2)13-10-29(3)21(32)20-14-12-30(9-8-16(14)28-31(20)11-13)22(33)27-17-7-6-15(25)18(24)19(17)26/h6-7,13,22,27,33-34H,4-5,8-12H2,1-3H3/t13-,22?/m1/s1. The Kier molecular flexibility index (Phi) is 7.01. The lowest BCUT2D eigenvalue weighted by atomic mass is 9.82. The Morgan fingerprint density at radius 2 is 2.00 bits per heavy atom. The molecule has 1 amide bonds. The topological polar surface area (TPSA) is 93.9 Å². The Bertz CT molecular complexity index is 1090. The third-order valence-corrected chi connectivity index (χ3v) is 7.94. The van der Waals surface area contributed by atoms with E-state index < -0.39 is 23.6 Å². The molecule has 2 aliphatic rings. The van der Waals surface area contributed by atoms with Crippen LogP contribution in [0.25, 0.3) is 0 Å². The average molecular weight is 542 g/mol. The minimum Gasteiger partial charge on any atom is -0.389 e. The second-order valence-corrected chi connectivity index (χ2v) is 9.90.